The van der Waals surface area contributed by atoms with Crippen LogP contribution in [0.25, 0.3) is 0 Å². The Hall–Kier alpha value is -2.35. The largest absolute Gasteiger partial charge is 0.494 e. The zero-order valence-electron chi connectivity index (χ0n) is 11.8. The highest BCUT2D eigenvalue weighted by Gasteiger charge is 2.09. The van der Waals surface area contributed by atoms with E-state index in [-0.39, 0.29) is 0 Å². The Morgan fingerprint density at radius 1 is 1.40 bits per heavy atom. The first kappa shape index (κ1) is 14.1. The highest BCUT2D eigenvalue weighted by atomic mass is 16.5. The van der Waals surface area contributed by atoms with E-state index in [9.17, 15) is 0 Å². The number of hydrogen-bond donors (Lipinski definition) is 0. The zero-order valence-corrected chi connectivity index (χ0v) is 11.8. The molecule has 0 N–H and O–H groups in total. The molecule has 0 spiro atoms. The van der Waals surface area contributed by atoms with Crippen LogP contribution in [0.1, 0.15) is 30.3 Å². The van der Waals surface area contributed by atoms with Crippen molar-refractivity contribution in [2.45, 2.75) is 33.2 Å². The van der Waals surface area contributed by atoms with Gasteiger partial charge in [0.25, 0.3) is 0 Å². The van der Waals surface area contributed by atoms with Crippen LogP contribution >= 0.6 is 0 Å². The molecular weight excluding hydrogens is 252 g/mol. The van der Waals surface area contributed by atoms with Gasteiger partial charge in [-0.2, -0.15) is 5.26 Å². The van der Waals surface area contributed by atoms with Gasteiger partial charge in [0.05, 0.1) is 12.3 Å². The fraction of sp³-hybridized carbons (Fsp3) is 0.400. The monoisotopic (exact) mass is 270 g/mol. The summed E-state index contributed by atoms with van der Waals surface area (Å²) >= 11 is 0. The van der Waals surface area contributed by atoms with Crippen LogP contribution < -0.4 is 4.74 Å². The lowest BCUT2D eigenvalue weighted by molar-refractivity contribution is 0.297. The van der Waals surface area contributed by atoms with Gasteiger partial charge < -0.3 is 4.74 Å². The van der Waals surface area contributed by atoms with Crippen molar-refractivity contribution in [1.29, 1.82) is 5.26 Å². The van der Waals surface area contributed by atoms with Crippen molar-refractivity contribution in [2.75, 3.05) is 6.61 Å². The Morgan fingerprint density at radius 2 is 2.25 bits per heavy atom. The van der Waals surface area contributed by atoms with Crippen molar-refractivity contribution < 1.29 is 4.74 Å². The first-order valence-electron chi connectivity index (χ1n) is 6.76. The minimum Gasteiger partial charge on any atom is -0.494 e. The molecule has 0 saturated carbocycles. The number of nitrogens with zero attached hydrogens (tertiary/aromatic N) is 4. The van der Waals surface area contributed by atoms with Crippen LogP contribution in [0.2, 0.25) is 0 Å². The van der Waals surface area contributed by atoms with Gasteiger partial charge in [0.15, 0.2) is 5.69 Å². The maximum absolute atomic E-state index is 8.92. The second-order valence-corrected chi connectivity index (χ2v) is 4.59. The molecule has 5 heteroatoms. The average Bonchev–Trinajstić information content (AvgIpc) is 2.85. The molecule has 0 aliphatic heterocycles. The third kappa shape index (κ3) is 3.35. The van der Waals surface area contributed by atoms with Crippen molar-refractivity contribution >= 4 is 0 Å². The molecule has 2 aromatic rings. The van der Waals surface area contributed by atoms with Crippen molar-refractivity contribution in [2.24, 2.45) is 0 Å². The summed E-state index contributed by atoms with van der Waals surface area (Å²) < 4.78 is 7.48. The highest BCUT2D eigenvalue weighted by molar-refractivity contribution is 5.27. The predicted octanol–water partition coefficient (Wildman–Crippen LogP) is 2.49. The Morgan fingerprint density at radius 3 is 2.95 bits per heavy atom. The van der Waals surface area contributed by atoms with E-state index in [1.165, 1.54) is 5.56 Å². The van der Waals surface area contributed by atoms with Gasteiger partial charge in [-0.3, -0.25) is 0 Å². The van der Waals surface area contributed by atoms with E-state index < -0.39 is 0 Å². The number of nitriles is 1. The molecule has 0 aliphatic carbocycles. The molecule has 5 nitrogen and oxygen atoms in total. The number of rotatable bonds is 6. The lowest BCUT2D eigenvalue weighted by atomic mass is 10.2. The van der Waals surface area contributed by atoms with Gasteiger partial charge in [-0.15, -0.1) is 5.10 Å². The molecule has 0 amide bonds. The maximum Gasteiger partial charge on any atom is 0.185 e. The molecule has 1 aromatic carbocycles. The van der Waals surface area contributed by atoms with Gasteiger partial charge in [-0.05, 0) is 31.0 Å². The molecule has 0 saturated heterocycles. The SMILES string of the molecule is CCc1c(C#N)nnn1CCCOc1cccc(C)c1. The topological polar surface area (TPSA) is 63.7 Å². The molecule has 0 fully saturated rings. The Kier molecular flexibility index (Phi) is 4.72. The number of ether oxygens (including phenoxy) is 1. The Labute approximate surface area is 118 Å². The molecule has 104 valence electrons. The molecular formula is C15H18N4O. The maximum atomic E-state index is 8.92. The van der Waals surface area contributed by atoms with Gasteiger partial charge in [0.2, 0.25) is 0 Å². The smallest absolute Gasteiger partial charge is 0.185 e. The predicted molar refractivity (Wildman–Crippen MR) is 75.4 cm³/mol. The summed E-state index contributed by atoms with van der Waals surface area (Å²) in [6, 6.07) is 10.1. The van der Waals surface area contributed by atoms with Gasteiger partial charge >= 0.3 is 0 Å². The fourth-order valence-corrected chi connectivity index (χ4v) is 2.06. The standard InChI is InChI=1S/C15H18N4O/c1-3-15-14(11-16)17-18-19(15)8-5-9-20-13-7-4-6-12(2)10-13/h4,6-7,10H,3,5,8-9H2,1-2H3. The lowest BCUT2D eigenvalue weighted by Gasteiger charge is -2.08. The normalized spacial score (nSPS) is 10.2. The van der Waals surface area contributed by atoms with E-state index in [2.05, 4.69) is 16.4 Å². The van der Waals surface area contributed by atoms with E-state index in [0.717, 1.165) is 24.3 Å². The number of benzene rings is 1. The summed E-state index contributed by atoms with van der Waals surface area (Å²) in [5.41, 5.74) is 2.50. The second kappa shape index (κ2) is 6.71. The van der Waals surface area contributed by atoms with E-state index in [1.807, 2.05) is 38.1 Å². The molecule has 20 heavy (non-hydrogen) atoms. The van der Waals surface area contributed by atoms with E-state index >= 15 is 0 Å². The first-order chi connectivity index (χ1) is 9.74. The summed E-state index contributed by atoms with van der Waals surface area (Å²) in [4.78, 5) is 0. The number of aromatic nitrogens is 3. The molecule has 0 radical (unpaired) electrons. The molecule has 2 rings (SSSR count). The number of hydrogen-bond acceptors (Lipinski definition) is 4. The molecule has 0 unspecified atom stereocenters. The van der Waals surface area contributed by atoms with Crippen LogP contribution in [0.15, 0.2) is 24.3 Å². The third-order valence-corrected chi connectivity index (χ3v) is 3.05. The summed E-state index contributed by atoms with van der Waals surface area (Å²) in [5.74, 6) is 0.886. The van der Waals surface area contributed by atoms with Crippen LogP contribution in [0.5, 0.6) is 5.75 Å². The molecule has 0 atom stereocenters. The quantitative estimate of drug-likeness (QED) is 0.756. The second-order valence-electron chi connectivity index (χ2n) is 4.59. The van der Waals surface area contributed by atoms with Gasteiger partial charge in [-0.25, -0.2) is 4.68 Å². The van der Waals surface area contributed by atoms with Crippen LogP contribution in [0, 0.1) is 18.3 Å². The number of aryl methyl sites for hydroxylation is 2. The van der Waals surface area contributed by atoms with Gasteiger partial charge in [0.1, 0.15) is 11.8 Å². The molecule has 0 aliphatic rings. The minimum atomic E-state index is 0.423. The third-order valence-electron chi connectivity index (χ3n) is 3.05. The van der Waals surface area contributed by atoms with E-state index in [1.54, 1.807) is 4.68 Å². The summed E-state index contributed by atoms with van der Waals surface area (Å²) in [7, 11) is 0. The van der Waals surface area contributed by atoms with Crippen LogP contribution in [0.4, 0.5) is 0 Å². The summed E-state index contributed by atoms with van der Waals surface area (Å²) in [6.45, 7) is 5.37. The van der Waals surface area contributed by atoms with Crippen LogP contribution in [-0.4, -0.2) is 21.6 Å². The first-order valence-corrected chi connectivity index (χ1v) is 6.76. The molecule has 1 aromatic heterocycles. The zero-order chi connectivity index (χ0) is 14.4. The fourth-order valence-electron chi connectivity index (χ4n) is 2.06. The summed E-state index contributed by atoms with van der Waals surface area (Å²) in [6.07, 6.45) is 1.59. The molecule has 1 heterocycles. The minimum absolute atomic E-state index is 0.423. The van der Waals surface area contributed by atoms with Gasteiger partial charge in [-0.1, -0.05) is 24.3 Å². The summed E-state index contributed by atoms with van der Waals surface area (Å²) in [5, 5.41) is 16.8. The molecule has 0 bridgehead atoms. The lowest BCUT2D eigenvalue weighted by Crippen LogP contribution is -2.09. The van der Waals surface area contributed by atoms with Crippen LogP contribution in [0.3, 0.4) is 0 Å². The van der Waals surface area contributed by atoms with Crippen molar-refractivity contribution in [1.82, 2.24) is 15.0 Å². The van der Waals surface area contributed by atoms with E-state index in [4.69, 9.17) is 10.00 Å². The highest BCUT2D eigenvalue weighted by Crippen LogP contribution is 2.13. The van der Waals surface area contributed by atoms with Crippen LogP contribution in [-0.2, 0) is 13.0 Å². The Bertz CT molecular complexity index is 613. The average molecular weight is 270 g/mol. The van der Waals surface area contributed by atoms with Crippen molar-refractivity contribution in [3.63, 3.8) is 0 Å². The van der Waals surface area contributed by atoms with Crippen molar-refractivity contribution in [3.8, 4) is 11.8 Å². The van der Waals surface area contributed by atoms with Gasteiger partial charge in [0, 0.05) is 13.0 Å². The Balaban J connectivity index is 1.85. The van der Waals surface area contributed by atoms with Crippen molar-refractivity contribution in [3.05, 3.63) is 41.2 Å². The van der Waals surface area contributed by atoms with E-state index in [0.29, 0.717) is 18.8 Å².